The molecule has 1 amide bonds. The number of likely N-dealkylation sites (N-methyl/N-ethyl adjacent to an activating group) is 1. The topological polar surface area (TPSA) is 61.4 Å². The summed E-state index contributed by atoms with van der Waals surface area (Å²) < 4.78 is 11.2. The molecule has 0 aliphatic carbocycles. The Bertz CT molecular complexity index is 666. The minimum atomic E-state index is -0.355. The number of carbonyl (C=O) groups excluding carboxylic acids is 2. The lowest BCUT2D eigenvalue weighted by molar-refractivity contribution is -0.118. The van der Waals surface area contributed by atoms with E-state index in [2.05, 4.69) is 42.5 Å². The molecule has 0 aromatic heterocycles. The minimum Gasteiger partial charge on any atom is -0.350 e. The van der Waals surface area contributed by atoms with Crippen LogP contribution in [0.3, 0.4) is 0 Å². The maximum atomic E-state index is 11.2. The molecule has 0 bridgehead atoms. The van der Waals surface area contributed by atoms with Gasteiger partial charge < -0.3 is 15.5 Å². The molecule has 218 valence electrons. The molecule has 0 aromatic carbocycles. The maximum Gasteiger partial charge on any atom is 0.246 e. The Morgan fingerprint density at radius 2 is 1.57 bits per heavy atom. The van der Waals surface area contributed by atoms with Gasteiger partial charge in [0.05, 0.1) is 0 Å². The normalized spacial score (nSPS) is 12.2. The molecule has 0 aliphatic rings. The lowest BCUT2D eigenvalue weighted by Gasteiger charge is -2.19. The molecule has 5 nitrogen and oxygen atoms in total. The van der Waals surface area contributed by atoms with Crippen molar-refractivity contribution in [2.24, 2.45) is 0 Å². The molecular formula is C30H57ClFN3O2. The number of amides is 1. The van der Waals surface area contributed by atoms with E-state index in [1.165, 1.54) is 13.3 Å². The predicted octanol–water partition coefficient (Wildman–Crippen LogP) is 7.76. The first kappa shape index (κ1) is 44.9. The van der Waals surface area contributed by atoms with Crippen LogP contribution < -0.4 is 10.6 Å². The number of hydrogen-bond donors (Lipinski definition) is 2. The average Bonchev–Trinajstić information content (AvgIpc) is 2.88. The van der Waals surface area contributed by atoms with E-state index >= 15 is 0 Å². The van der Waals surface area contributed by atoms with Crippen LogP contribution in [-0.4, -0.2) is 56.9 Å². The van der Waals surface area contributed by atoms with Crippen LogP contribution in [0.5, 0.6) is 0 Å². The number of rotatable bonds is 11. The molecule has 0 aromatic rings. The van der Waals surface area contributed by atoms with Crippen LogP contribution in [0, 0.1) is 0 Å². The number of nitrogens with one attached hydrogen (secondary N) is 2. The van der Waals surface area contributed by atoms with E-state index < -0.39 is 0 Å². The number of carbonyl (C=O) groups is 2. The van der Waals surface area contributed by atoms with E-state index in [1.807, 2.05) is 74.0 Å². The Kier molecular flexibility index (Phi) is 41.3. The van der Waals surface area contributed by atoms with Crippen LogP contribution in [0.1, 0.15) is 81.6 Å². The Morgan fingerprint density at radius 1 is 1.08 bits per heavy atom. The fraction of sp³-hybridized carbons (Fsp3) is 0.600. The number of halogens is 2. The van der Waals surface area contributed by atoms with Gasteiger partial charge >= 0.3 is 0 Å². The smallest absolute Gasteiger partial charge is 0.246 e. The Labute approximate surface area is 234 Å². The van der Waals surface area contributed by atoms with Crippen molar-refractivity contribution in [2.45, 2.75) is 93.7 Å². The SMILES string of the molecule is C/C(F)=C/Cl.C=C(/C=C\C(C=O)=C/CC)C(C)N(C)C.C=C(C)C(=O)NC(C)CC.CC.CCCNC. The summed E-state index contributed by atoms with van der Waals surface area (Å²) in [5, 5.41) is 5.81. The molecule has 2 atom stereocenters. The van der Waals surface area contributed by atoms with E-state index in [4.69, 9.17) is 11.6 Å². The van der Waals surface area contributed by atoms with E-state index in [9.17, 15) is 14.0 Å². The molecule has 2 N–H and O–H groups in total. The Hall–Kier alpha value is -2.02. The first-order chi connectivity index (χ1) is 17.3. The van der Waals surface area contributed by atoms with Gasteiger partial charge in [0.15, 0.2) is 0 Å². The van der Waals surface area contributed by atoms with Crippen molar-refractivity contribution >= 4 is 23.8 Å². The highest BCUT2D eigenvalue weighted by molar-refractivity contribution is 6.25. The van der Waals surface area contributed by atoms with Crippen LogP contribution in [-0.2, 0) is 9.59 Å². The summed E-state index contributed by atoms with van der Waals surface area (Å²) in [5.41, 5.74) is 3.17. The summed E-state index contributed by atoms with van der Waals surface area (Å²) in [4.78, 5) is 23.6. The second-order valence-electron chi connectivity index (χ2n) is 8.14. The van der Waals surface area contributed by atoms with Gasteiger partial charge in [-0.15, -0.1) is 0 Å². The molecule has 2 unspecified atom stereocenters. The van der Waals surface area contributed by atoms with Crippen LogP contribution in [0.15, 0.2) is 59.5 Å². The Morgan fingerprint density at radius 3 is 1.81 bits per heavy atom. The van der Waals surface area contributed by atoms with Crippen LogP contribution in [0.4, 0.5) is 4.39 Å². The fourth-order valence-corrected chi connectivity index (χ4v) is 1.76. The van der Waals surface area contributed by atoms with Gasteiger partial charge in [0.2, 0.25) is 5.91 Å². The molecule has 0 fully saturated rings. The summed E-state index contributed by atoms with van der Waals surface area (Å²) in [7, 11) is 5.97. The van der Waals surface area contributed by atoms with Gasteiger partial charge in [0.25, 0.3) is 0 Å². The highest BCUT2D eigenvalue weighted by atomic mass is 35.5. The van der Waals surface area contributed by atoms with Crippen LogP contribution >= 0.6 is 11.6 Å². The lowest BCUT2D eigenvalue weighted by Crippen LogP contribution is -2.32. The van der Waals surface area contributed by atoms with Crippen LogP contribution in [0.2, 0.25) is 0 Å². The van der Waals surface area contributed by atoms with Gasteiger partial charge in [-0.25, -0.2) is 4.39 Å². The van der Waals surface area contributed by atoms with Crippen molar-refractivity contribution in [3.8, 4) is 0 Å². The zero-order chi connectivity index (χ0) is 30.4. The fourth-order valence-electron chi connectivity index (χ4n) is 1.76. The third-order valence-corrected chi connectivity index (χ3v) is 4.71. The minimum absolute atomic E-state index is 0.0469. The van der Waals surface area contributed by atoms with Crippen molar-refractivity contribution in [2.75, 3.05) is 27.7 Å². The largest absolute Gasteiger partial charge is 0.350 e. The van der Waals surface area contributed by atoms with Crippen molar-refractivity contribution < 1.29 is 14.0 Å². The van der Waals surface area contributed by atoms with E-state index in [0.717, 1.165) is 36.8 Å². The van der Waals surface area contributed by atoms with Gasteiger partial charge in [0, 0.05) is 28.8 Å². The van der Waals surface area contributed by atoms with Gasteiger partial charge in [-0.05, 0) is 80.2 Å². The molecule has 0 aliphatic heterocycles. The highest BCUT2D eigenvalue weighted by Gasteiger charge is 2.05. The second kappa shape index (κ2) is 34.0. The number of aldehydes is 1. The molecule has 0 heterocycles. The van der Waals surface area contributed by atoms with Gasteiger partial charge in [-0.2, -0.15) is 0 Å². The predicted molar refractivity (Wildman–Crippen MR) is 165 cm³/mol. The zero-order valence-electron chi connectivity index (χ0n) is 25.8. The van der Waals surface area contributed by atoms with E-state index in [1.54, 1.807) is 6.92 Å². The summed E-state index contributed by atoms with van der Waals surface area (Å²) in [5.74, 6) is -0.402. The lowest BCUT2D eigenvalue weighted by atomic mass is 10.1. The summed E-state index contributed by atoms with van der Waals surface area (Å²) in [6.45, 7) is 25.9. The number of hydrogen-bond acceptors (Lipinski definition) is 4. The molecule has 0 spiro atoms. The van der Waals surface area contributed by atoms with Crippen molar-refractivity contribution in [3.05, 3.63) is 59.5 Å². The van der Waals surface area contributed by atoms with Gasteiger partial charge in [-0.1, -0.05) is 77.6 Å². The van der Waals surface area contributed by atoms with Crippen molar-refractivity contribution in [1.82, 2.24) is 15.5 Å². The summed E-state index contributed by atoms with van der Waals surface area (Å²) in [6, 6.07) is 0.542. The summed E-state index contributed by atoms with van der Waals surface area (Å²) >= 11 is 4.80. The average molecular weight is 546 g/mol. The first-order valence-electron chi connectivity index (χ1n) is 13.0. The Balaban J connectivity index is -0.000000133. The van der Waals surface area contributed by atoms with E-state index in [0.29, 0.717) is 11.1 Å². The molecule has 0 radical (unpaired) electrons. The molecular weight excluding hydrogens is 489 g/mol. The first-order valence-corrected chi connectivity index (χ1v) is 13.4. The van der Waals surface area contributed by atoms with Crippen molar-refractivity contribution in [3.63, 3.8) is 0 Å². The molecule has 37 heavy (non-hydrogen) atoms. The zero-order valence-corrected chi connectivity index (χ0v) is 26.6. The molecule has 0 rings (SSSR count). The monoisotopic (exact) mass is 545 g/mol. The van der Waals surface area contributed by atoms with Gasteiger partial charge in [0.1, 0.15) is 12.1 Å². The summed E-state index contributed by atoms with van der Waals surface area (Å²) in [6.07, 6.45) is 9.55. The standard InChI is InChI=1S/C13H21NO.C8H15NO.C4H11N.C3H4ClF.C2H6/c1-6-7-13(10-15)9-8-11(2)12(3)14(4)5;1-5-7(4)9-8(10)6(2)3;1-3-4-5-2;1-3(5)2-4;1-2/h7-10,12H,2,6H2,1,3-5H3;7H,2,5H2,1,3-4H3,(H,9,10);5H,3-4H2,1-2H3;2H,1H3;1-2H3/b9-8-,13-7+;;;3-2-;. The second-order valence-corrected chi connectivity index (χ2v) is 8.36. The molecule has 7 heteroatoms. The maximum absolute atomic E-state index is 11.2. The third-order valence-electron chi connectivity index (χ3n) is 4.40. The molecule has 0 saturated carbocycles. The van der Waals surface area contributed by atoms with E-state index in [-0.39, 0.29) is 23.8 Å². The molecule has 0 saturated heterocycles. The third kappa shape index (κ3) is 38.7. The van der Waals surface area contributed by atoms with Gasteiger partial charge in [-0.3, -0.25) is 9.59 Å². The van der Waals surface area contributed by atoms with Crippen molar-refractivity contribution in [1.29, 1.82) is 0 Å². The quantitative estimate of drug-likeness (QED) is 0.158. The number of allylic oxidation sites excluding steroid dienone is 4. The number of nitrogens with zero attached hydrogens (tertiary/aromatic N) is 1. The highest BCUT2D eigenvalue weighted by Crippen LogP contribution is 2.08. The van der Waals surface area contributed by atoms with Crippen LogP contribution in [0.25, 0.3) is 0 Å².